The maximum Gasteiger partial charge on any atom is 0.317 e. The van der Waals surface area contributed by atoms with Crippen molar-refractivity contribution in [2.24, 2.45) is 11.3 Å². The van der Waals surface area contributed by atoms with E-state index in [-0.39, 0.29) is 11.9 Å². The van der Waals surface area contributed by atoms with Crippen molar-refractivity contribution >= 4 is 12.0 Å². The van der Waals surface area contributed by atoms with Crippen molar-refractivity contribution in [2.75, 3.05) is 13.1 Å². The van der Waals surface area contributed by atoms with Gasteiger partial charge in [0.2, 0.25) is 0 Å². The first-order chi connectivity index (χ1) is 9.62. The SMILES string of the molecule is O=C(NCc1ccoc1)N1C[C@@H]2CCC[C@@]2(C(=O)O)C1. The molecule has 2 aliphatic rings. The van der Waals surface area contributed by atoms with E-state index in [4.69, 9.17) is 4.42 Å². The van der Waals surface area contributed by atoms with E-state index in [0.717, 1.165) is 18.4 Å². The van der Waals surface area contributed by atoms with Gasteiger partial charge in [0.15, 0.2) is 0 Å². The van der Waals surface area contributed by atoms with Crippen LogP contribution in [0.1, 0.15) is 24.8 Å². The summed E-state index contributed by atoms with van der Waals surface area (Å²) in [6.07, 6.45) is 5.66. The average Bonchev–Trinajstić information content (AvgIpc) is 3.10. The molecule has 1 aliphatic carbocycles. The first-order valence-electron chi connectivity index (χ1n) is 6.89. The Morgan fingerprint density at radius 2 is 2.40 bits per heavy atom. The monoisotopic (exact) mass is 278 g/mol. The van der Waals surface area contributed by atoms with Crippen LogP contribution in [0.5, 0.6) is 0 Å². The van der Waals surface area contributed by atoms with Crippen LogP contribution in [0, 0.1) is 11.3 Å². The second kappa shape index (κ2) is 4.85. The molecule has 2 fully saturated rings. The number of nitrogens with one attached hydrogen (secondary N) is 1. The number of nitrogens with zero attached hydrogens (tertiary/aromatic N) is 1. The number of hydrogen-bond acceptors (Lipinski definition) is 3. The van der Waals surface area contributed by atoms with Gasteiger partial charge in [0.25, 0.3) is 0 Å². The first kappa shape index (κ1) is 13.0. The second-order valence-corrected chi connectivity index (χ2v) is 5.72. The Bertz CT molecular complexity index is 513. The summed E-state index contributed by atoms with van der Waals surface area (Å²) < 4.78 is 4.94. The van der Waals surface area contributed by atoms with E-state index in [2.05, 4.69) is 5.32 Å². The fourth-order valence-electron chi connectivity index (χ4n) is 3.48. The number of furan rings is 1. The number of hydrogen-bond donors (Lipinski definition) is 2. The topological polar surface area (TPSA) is 82.8 Å². The quantitative estimate of drug-likeness (QED) is 0.881. The zero-order valence-electron chi connectivity index (χ0n) is 11.2. The number of fused-ring (bicyclic) bond motifs is 1. The van der Waals surface area contributed by atoms with Crippen molar-refractivity contribution in [1.29, 1.82) is 0 Å². The lowest BCUT2D eigenvalue weighted by molar-refractivity contribution is -0.149. The number of likely N-dealkylation sites (tertiary alicyclic amines) is 1. The van der Waals surface area contributed by atoms with Gasteiger partial charge in [0, 0.05) is 25.2 Å². The fraction of sp³-hybridized carbons (Fsp3) is 0.571. The molecule has 2 atom stereocenters. The van der Waals surface area contributed by atoms with Crippen molar-refractivity contribution < 1.29 is 19.1 Å². The summed E-state index contributed by atoms with van der Waals surface area (Å²) in [5.41, 5.74) is 0.179. The standard InChI is InChI=1S/C14H18N2O4/c17-12(18)14-4-1-2-11(14)7-16(9-14)13(19)15-6-10-3-5-20-8-10/h3,5,8,11H,1-2,4,6-7,9H2,(H,15,19)(H,17,18)/t11-,14+/m0/s1. The van der Waals surface area contributed by atoms with E-state index in [1.54, 1.807) is 23.5 Å². The van der Waals surface area contributed by atoms with E-state index < -0.39 is 11.4 Å². The third kappa shape index (κ3) is 2.05. The van der Waals surface area contributed by atoms with Gasteiger partial charge in [-0.3, -0.25) is 4.79 Å². The van der Waals surface area contributed by atoms with Crippen LogP contribution in [-0.2, 0) is 11.3 Å². The first-order valence-corrected chi connectivity index (χ1v) is 6.89. The smallest absolute Gasteiger partial charge is 0.317 e. The summed E-state index contributed by atoms with van der Waals surface area (Å²) in [4.78, 5) is 25.3. The predicted molar refractivity (Wildman–Crippen MR) is 69.9 cm³/mol. The minimum Gasteiger partial charge on any atom is -0.481 e. The molecular formula is C14H18N2O4. The molecule has 0 spiro atoms. The molecule has 2 heterocycles. The zero-order valence-corrected chi connectivity index (χ0v) is 11.2. The van der Waals surface area contributed by atoms with Crippen LogP contribution in [0.2, 0.25) is 0 Å². The lowest BCUT2D eigenvalue weighted by Gasteiger charge is -2.23. The number of carboxylic acids is 1. The molecule has 1 aromatic rings. The summed E-state index contributed by atoms with van der Waals surface area (Å²) in [5, 5.41) is 12.3. The number of amides is 2. The molecule has 1 aromatic heterocycles. The van der Waals surface area contributed by atoms with E-state index in [1.807, 2.05) is 0 Å². The van der Waals surface area contributed by atoms with Gasteiger partial charge in [0.05, 0.1) is 17.9 Å². The third-order valence-corrected chi connectivity index (χ3v) is 4.61. The molecule has 1 saturated carbocycles. The van der Waals surface area contributed by atoms with Crippen LogP contribution in [-0.4, -0.2) is 35.1 Å². The highest BCUT2D eigenvalue weighted by Gasteiger charge is 2.55. The second-order valence-electron chi connectivity index (χ2n) is 5.72. The van der Waals surface area contributed by atoms with Crippen molar-refractivity contribution in [3.05, 3.63) is 24.2 Å². The van der Waals surface area contributed by atoms with Gasteiger partial charge in [-0.1, -0.05) is 6.42 Å². The summed E-state index contributed by atoms with van der Waals surface area (Å²) in [7, 11) is 0. The minimum absolute atomic E-state index is 0.0969. The molecule has 1 saturated heterocycles. The fourth-order valence-corrected chi connectivity index (χ4v) is 3.48. The van der Waals surface area contributed by atoms with Gasteiger partial charge in [-0.15, -0.1) is 0 Å². The van der Waals surface area contributed by atoms with Crippen LogP contribution in [0.3, 0.4) is 0 Å². The number of carbonyl (C=O) groups excluding carboxylic acids is 1. The summed E-state index contributed by atoms with van der Waals surface area (Å²) in [6.45, 7) is 1.27. The molecule has 6 heteroatoms. The highest BCUT2D eigenvalue weighted by molar-refractivity contribution is 5.80. The molecule has 108 valence electrons. The number of urea groups is 1. The highest BCUT2D eigenvalue weighted by Crippen LogP contribution is 2.48. The number of carboxylic acid groups (broad SMARTS) is 1. The third-order valence-electron chi connectivity index (χ3n) is 4.61. The minimum atomic E-state index is -0.759. The maximum absolute atomic E-state index is 12.1. The normalized spacial score (nSPS) is 28.4. The molecular weight excluding hydrogens is 260 g/mol. The van der Waals surface area contributed by atoms with E-state index in [1.165, 1.54) is 0 Å². The van der Waals surface area contributed by atoms with E-state index >= 15 is 0 Å². The van der Waals surface area contributed by atoms with Gasteiger partial charge < -0.3 is 19.7 Å². The van der Waals surface area contributed by atoms with Crippen LogP contribution >= 0.6 is 0 Å². The maximum atomic E-state index is 12.1. The zero-order chi connectivity index (χ0) is 14.2. The molecule has 2 N–H and O–H groups in total. The Labute approximate surface area is 116 Å². The molecule has 2 amide bonds. The Balaban J connectivity index is 1.62. The number of carbonyl (C=O) groups is 2. The Kier molecular flexibility index (Phi) is 3.16. The largest absolute Gasteiger partial charge is 0.481 e. The van der Waals surface area contributed by atoms with Crippen LogP contribution < -0.4 is 5.32 Å². The molecule has 0 aromatic carbocycles. The summed E-state index contributed by atoms with van der Waals surface area (Å²) in [5.74, 6) is -0.662. The number of aliphatic carboxylic acids is 1. The molecule has 0 unspecified atom stereocenters. The van der Waals surface area contributed by atoms with Gasteiger partial charge >= 0.3 is 12.0 Å². The predicted octanol–water partition coefficient (Wildman–Crippen LogP) is 1.68. The van der Waals surface area contributed by atoms with Gasteiger partial charge in [-0.2, -0.15) is 0 Å². The van der Waals surface area contributed by atoms with Crippen molar-refractivity contribution in [3.8, 4) is 0 Å². The van der Waals surface area contributed by atoms with Crippen molar-refractivity contribution in [3.63, 3.8) is 0 Å². The van der Waals surface area contributed by atoms with Crippen LogP contribution in [0.15, 0.2) is 23.0 Å². The van der Waals surface area contributed by atoms with Crippen molar-refractivity contribution in [2.45, 2.75) is 25.8 Å². The van der Waals surface area contributed by atoms with Crippen molar-refractivity contribution in [1.82, 2.24) is 10.2 Å². The van der Waals surface area contributed by atoms with Crippen LogP contribution in [0.4, 0.5) is 4.79 Å². The Morgan fingerprint density at radius 3 is 3.05 bits per heavy atom. The molecule has 20 heavy (non-hydrogen) atoms. The average molecular weight is 278 g/mol. The molecule has 3 rings (SSSR count). The Morgan fingerprint density at radius 1 is 1.55 bits per heavy atom. The molecule has 6 nitrogen and oxygen atoms in total. The van der Waals surface area contributed by atoms with Gasteiger partial charge in [-0.25, -0.2) is 4.79 Å². The van der Waals surface area contributed by atoms with E-state index in [9.17, 15) is 14.7 Å². The van der Waals surface area contributed by atoms with Crippen LogP contribution in [0.25, 0.3) is 0 Å². The lowest BCUT2D eigenvalue weighted by Crippen LogP contribution is -2.41. The molecule has 0 radical (unpaired) electrons. The summed E-state index contributed by atoms with van der Waals surface area (Å²) in [6, 6.07) is 1.60. The summed E-state index contributed by atoms with van der Waals surface area (Å²) >= 11 is 0. The van der Waals surface area contributed by atoms with Gasteiger partial charge in [-0.05, 0) is 24.8 Å². The molecule has 0 bridgehead atoms. The Hall–Kier alpha value is -1.98. The number of rotatable bonds is 3. The highest BCUT2D eigenvalue weighted by atomic mass is 16.4. The van der Waals surface area contributed by atoms with Gasteiger partial charge in [0.1, 0.15) is 0 Å². The van der Waals surface area contributed by atoms with E-state index in [0.29, 0.717) is 26.1 Å². The molecule has 1 aliphatic heterocycles. The lowest BCUT2D eigenvalue weighted by atomic mass is 9.81.